The van der Waals surface area contributed by atoms with Gasteiger partial charge < -0.3 is 4.98 Å². The molecule has 0 amide bonds. The minimum atomic E-state index is -0.213. The minimum absolute atomic E-state index is 0.213. The molecule has 0 aliphatic heterocycles. The number of nitrogens with zero attached hydrogens (tertiary/aromatic N) is 1. The Morgan fingerprint density at radius 1 is 1.05 bits per heavy atom. The molecule has 0 saturated carbocycles. The van der Waals surface area contributed by atoms with E-state index in [1.807, 2.05) is 42.5 Å². The lowest BCUT2D eigenvalue weighted by atomic mass is 10.1. The van der Waals surface area contributed by atoms with Crippen LogP contribution in [0.25, 0.3) is 22.6 Å². The molecule has 3 aromatic rings. The normalized spacial score (nSPS) is 10.6. The molecule has 3 rings (SSSR count). The molecular formula is C16H10BrClN2O. The smallest absolute Gasteiger partial charge is 0.251 e. The number of hydrogen-bond acceptors (Lipinski definition) is 2. The van der Waals surface area contributed by atoms with Gasteiger partial charge in [0.15, 0.2) is 0 Å². The maximum absolute atomic E-state index is 11.9. The number of aromatic amines is 1. The fraction of sp³-hybridized carbons (Fsp3) is 0. The van der Waals surface area contributed by atoms with Gasteiger partial charge in [0.1, 0.15) is 5.82 Å². The third-order valence-electron chi connectivity index (χ3n) is 2.99. The Morgan fingerprint density at radius 2 is 1.86 bits per heavy atom. The Kier molecular flexibility index (Phi) is 3.90. The molecule has 0 spiro atoms. The quantitative estimate of drug-likeness (QED) is 0.729. The van der Waals surface area contributed by atoms with Gasteiger partial charge in [-0.05, 0) is 24.3 Å². The molecule has 0 unspecified atom stereocenters. The Hall–Kier alpha value is -1.91. The molecule has 0 radical (unpaired) electrons. The van der Waals surface area contributed by atoms with Crippen LogP contribution in [0.4, 0.5) is 0 Å². The van der Waals surface area contributed by atoms with Crippen molar-refractivity contribution in [3.05, 3.63) is 74.4 Å². The lowest BCUT2D eigenvalue weighted by Gasteiger charge is -2.06. The van der Waals surface area contributed by atoms with Crippen LogP contribution in [0.5, 0.6) is 0 Å². The van der Waals surface area contributed by atoms with Crippen molar-refractivity contribution in [3.8, 4) is 22.6 Å². The average Bonchev–Trinajstić information content (AvgIpc) is 2.47. The zero-order chi connectivity index (χ0) is 14.8. The fourth-order valence-electron chi connectivity index (χ4n) is 2.03. The Bertz CT molecular complexity index is 861. The summed E-state index contributed by atoms with van der Waals surface area (Å²) in [6.45, 7) is 0. The van der Waals surface area contributed by atoms with Gasteiger partial charge in [-0.15, -0.1) is 0 Å². The fourth-order valence-corrected chi connectivity index (χ4v) is 2.66. The molecule has 0 aliphatic carbocycles. The summed E-state index contributed by atoms with van der Waals surface area (Å²) >= 11 is 9.58. The third kappa shape index (κ3) is 3.06. The topological polar surface area (TPSA) is 45.8 Å². The molecule has 1 heterocycles. The number of nitrogens with one attached hydrogen (secondary N) is 1. The van der Waals surface area contributed by atoms with Crippen molar-refractivity contribution in [2.24, 2.45) is 0 Å². The summed E-state index contributed by atoms with van der Waals surface area (Å²) in [5.74, 6) is 0.461. The van der Waals surface area contributed by atoms with E-state index >= 15 is 0 Å². The number of aromatic nitrogens is 2. The van der Waals surface area contributed by atoms with Crippen LogP contribution in [-0.2, 0) is 0 Å². The lowest BCUT2D eigenvalue weighted by molar-refractivity contribution is 1.13. The SMILES string of the molecule is O=c1cc(-c2cccc(Br)c2)nc(-c2ccccc2Cl)[nH]1. The van der Waals surface area contributed by atoms with Gasteiger partial charge in [-0.25, -0.2) is 4.98 Å². The minimum Gasteiger partial charge on any atom is -0.306 e. The summed E-state index contributed by atoms with van der Waals surface area (Å²) < 4.78 is 0.932. The van der Waals surface area contributed by atoms with Gasteiger partial charge in [0.25, 0.3) is 5.56 Å². The predicted molar refractivity (Wildman–Crippen MR) is 88.4 cm³/mol. The van der Waals surface area contributed by atoms with Crippen LogP contribution in [0.2, 0.25) is 5.02 Å². The molecule has 0 fully saturated rings. The first kappa shape index (κ1) is 14.0. The van der Waals surface area contributed by atoms with Crippen molar-refractivity contribution in [1.82, 2.24) is 9.97 Å². The molecule has 0 atom stereocenters. The standard InChI is InChI=1S/C16H10BrClN2O/c17-11-5-3-4-10(8-11)14-9-15(21)20-16(19-14)12-6-1-2-7-13(12)18/h1-9H,(H,19,20,21). The predicted octanol–water partition coefficient (Wildman–Crippen LogP) is 4.52. The monoisotopic (exact) mass is 360 g/mol. The van der Waals surface area contributed by atoms with Gasteiger partial charge in [-0.2, -0.15) is 0 Å². The second kappa shape index (κ2) is 5.84. The van der Waals surface area contributed by atoms with Crippen LogP contribution < -0.4 is 5.56 Å². The highest BCUT2D eigenvalue weighted by Gasteiger charge is 2.09. The molecule has 21 heavy (non-hydrogen) atoms. The Balaban J connectivity index is 2.18. The molecule has 104 valence electrons. The van der Waals surface area contributed by atoms with Crippen molar-refractivity contribution in [3.63, 3.8) is 0 Å². The van der Waals surface area contributed by atoms with Crippen LogP contribution in [0, 0.1) is 0 Å². The van der Waals surface area contributed by atoms with E-state index < -0.39 is 0 Å². The van der Waals surface area contributed by atoms with Crippen LogP contribution in [0.3, 0.4) is 0 Å². The summed E-state index contributed by atoms with van der Waals surface area (Å²) in [5, 5.41) is 0.548. The molecule has 1 aromatic heterocycles. The van der Waals surface area contributed by atoms with Crippen molar-refractivity contribution in [1.29, 1.82) is 0 Å². The second-order valence-electron chi connectivity index (χ2n) is 4.47. The first-order valence-corrected chi connectivity index (χ1v) is 7.43. The van der Waals surface area contributed by atoms with Crippen LogP contribution in [0.15, 0.2) is 63.9 Å². The second-order valence-corrected chi connectivity index (χ2v) is 5.79. The van der Waals surface area contributed by atoms with E-state index in [0.717, 1.165) is 10.0 Å². The molecule has 0 aliphatic rings. The van der Waals surface area contributed by atoms with Crippen LogP contribution in [-0.4, -0.2) is 9.97 Å². The summed E-state index contributed by atoms with van der Waals surface area (Å²) in [7, 11) is 0. The highest BCUT2D eigenvalue weighted by molar-refractivity contribution is 9.10. The van der Waals surface area contributed by atoms with E-state index in [0.29, 0.717) is 22.1 Å². The first-order chi connectivity index (χ1) is 10.1. The van der Waals surface area contributed by atoms with Gasteiger partial charge in [0.2, 0.25) is 0 Å². The molecule has 3 nitrogen and oxygen atoms in total. The molecule has 0 bridgehead atoms. The highest BCUT2D eigenvalue weighted by atomic mass is 79.9. The van der Waals surface area contributed by atoms with Crippen molar-refractivity contribution in [2.45, 2.75) is 0 Å². The lowest BCUT2D eigenvalue weighted by Crippen LogP contribution is -2.08. The summed E-state index contributed by atoms with van der Waals surface area (Å²) in [6, 6.07) is 16.4. The van der Waals surface area contributed by atoms with Crippen molar-refractivity contribution < 1.29 is 0 Å². The van der Waals surface area contributed by atoms with E-state index in [1.165, 1.54) is 6.07 Å². The molecular weight excluding hydrogens is 352 g/mol. The zero-order valence-electron chi connectivity index (χ0n) is 10.8. The number of benzene rings is 2. The molecule has 5 heteroatoms. The summed E-state index contributed by atoms with van der Waals surface area (Å²) in [4.78, 5) is 19.1. The number of halogens is 2. The summed E-state index contributed by atoms with van der Waals surface area (Å²) in [6.07, 6.45) is 0. The number of rotatable bonds is 2. The summed E-state index contributed by atoms with van der Waals surface area (Å²) in [5.41, 5.74) is 1.96. The maximum atomic E-state index is 11.9. The number of hydrogen-bond donors (Lipinski definition) is 1. The Morgan fingerprint density at radius 3 is 2.62 bits per heavy atom. The van der Waals surface area contributed by atoms with E-state index in [2.05, 4.69) is 25.9 Å². The average molecular weight is 362 g/mol. The molecule has 0 saturated heterocycles. The van der Waals surface area contributed by atoms with Gasteiger partial charge in [0, 0.05) is 21.7 Å². The van der Waals surface area contributed by atoms with E-state index in [4.69, 9.17) is 11.6 Å². The van der Waals surface area contributed by atoms with E-state index in [1.54, 1.807) is 6.07 Å². The van der Waals surface area contributed by atoms with Crippen LogP contribution >= 0.6 is 27.5 Å². The highest BCUT2D eigenvalue weighted by Crippen LogP contribution is 2.26. The third-order valence-corrected chi connectivity index (χ3v) is 3.81. The molecule has 2 aromatic carbocycles. The van der Waals surface area contributed by atoms with Gasteiger partial charge in [-0.1, -0.05) is 51.8 Å². The van der Waals surface area contributed by atoms with Gasteiger partial charge >= 0.3 is 0 Å². The first-order valence-electron chi connectivity index (χ1n) is 6.26. The molecule has 1 N–H and O–H groups in total. The van der Waals surface area contributed by atoms with Crippen molar-refractivity contribution in [2.75, 3.05) is 0 Å². The van der Waals surface area contributed by atoms with Gasteiger partial charge in [-0.3, -0.25) is 4.79 Å². The Labute approximate surface area is 134 Å². The van der Waals surface area contributed by atoms with Crippen molar-refractivity contribution >= 4 is 27.5 Å². The maximum Gasteiger partial charge on any atom is 0.251 e. The van der Waals surface area contributed by atoms with E-state index in [9.17, 15) is 4.79 Å². The van der Waals surface area contributed by atoms with E-state index in [-0.39, 0.29) is 5.56 Å². The zero-order valence-corrected chi connectivity index (χ0v) is 13.1. The number of H-pyrrole nitrogens is 1. The largest absolute Gasteiger partial charge is 0.306 e. The van der Waals surface area contributed by atoms with Gasteiger partial charge in [0.05, 0.1) is 10.7 Å². The van der Waals surface area contributed by atoms with Crippen LogP contribution in [0.1, 0.15) is 0 Å².